The molecule has 130 valence electrons. The number of aromatic hydroxyl groups is 1. The van der Waals surface area contributed by atoms with Crippen LogP contribution in [0.1, 0.15) is 17.5 Å². The lowest BCUT2D eigenvalue weighted by Gasteiger charge is -2.11. The molecule has 2 rings (SSSR count). The lowest BCUT2D eigenvalue weighted by atomic mass is 10.0. The zero-order valence-corrected chi connectivity index (χ0v) is 14.7. The molecule has 2 N–H and O–H groups in total. The number of aryl methyl sites for hydroxylation is 1. The van der Waals surface area contributed by atoms with Crippen LogP contribution in [-0.4, -0.2) is 43.1 Å². The van der Waals surface area contributed by atoms with Crippen LogP contribution in [0.4, 0.5) is 0 Å². The van der Waals surface area contributed by atoms with Crippen molar-refractivity contribution in [2.24, 2.45) is 0 Å². The molecule has 0 radical (unpaired) electrons. The van der Waals surface area contributed by atoms with Gasteiger partial charge >= 0.3 is 5.63 Å². The molecule has 7 heteroatoms. The summed E-state index contributed by atoms with van der Waals surface area (Å²) < 4.78 is 5.21. The molecule has 1 amide bonds. The molecule has 0 saturated carbocycles. The van der Waals surface area contributed by atoms with E-state index >= 15 is 0 Å². The van der Waals surface area contributed by atoms with E-state index in [9.17, 15) is 14.7 Å². The monoisotopic (exact) mass is 352 g/mol. The summed E-state index contributed by atoms with van der Waals surface area (Å²) in [4.78, 5) is 26.2. The van der Waals surface area contributed by atoms with E-state index in [2.05, 4.69) is 5.32 Å². The summed E-state index contributed by atoms with van der Waals surface area (Å²) in [6.07, 6.45) is 0.781. The third-order valence-corrected chi connectivity index (χ3v) is 4.10. The van der Waals surface area contributed by atoms with Crippen LogP contribution in [0.2, 0.25) is 5.02 Å². The molecule has 1 heterocycles. The number of rotatable bonds is 6. The Morgan fingerprint density at radius 2 is 2.08 bits per heavy atom. The predicted octanol–water partition coefficient (Wildman–Crippen LogP) is 2.07. The number of phenols is 1. The van der Waals surface area contributed by atoms with Gasteiger partial charge in [-0.3, -0.25) is 4.79 Å². The summed E-state index contributed by atoms with van der Waals surface area (Å²) in [5.74, 6) is -0.383. The van der Waals surface area contributed by atoms with Crippen LogP contribution in [0.25, 0.3) is 11.0 Å². The molecule has 1 aromatic heterocycles. The van der Waals surface area contributed by atoms with E-state index in [1.165, 1.54) is 12.1 Å². The average Bonchev–Trinajstić information content (AvgIpc) is 2.50. The molecule has 0 spiro atoms. The molecule has 0 aliphatic heterocycles. The first-order valence-corrected chi connectivity index (χ1v) is 8.03. The normalized spacial score (nSPS) is 11.2. The number of carbonyl (C=O) groups is 1. The van der Waals surface area contributed by atoms with E-state index in [0.29, 0.717) is 23.1 Å². The highest BCUT2D eigenvalue weighted by Crippen LogP contribution is 2.30. The van der Waals surface area contributed by atoms with Gasteiger partial charge in [-0.05, 0) is 45.6 Å². The first-order chi connectivity index (χ1) is 11.3. The quantitative estimate of drug-likeness (QED) is 0.614. The van der Waals surface area contributed by atoms with Gasteiger partial charge in [-0.1, -0.05) is 11.6 Å². The molecule has 0 atom stereocenters. The van der Waals surface area contributed by atoms with Crippen LogP contribution in [-0.2, 0) is 11.2 Å². The molecule has 24 heavy (non-hydrogen) atoms. The maximum absolute atomic E-state index is 12.1. The minimum Gasteiger partial charge on any atom is -0.506 e. The molecular formula is C17H21ClN2O4. The molecule has 0 fully saturated rings. The number of carbonyl (C=O) groups excluding carboxylic acids is 1. The van der Waals surface area contributed by atoms with Gasteiger partial charge in [0.2, 0.25) is 5.91 Å². The van der Waals surface area contributed by atoms with E-state index in [1.807, 2.05) is 19.0 Å². The van der Waals surface area contributed by atoms with Crippen molar-refractivity contribution in [1.82, 2.24) is 10.2 Å². The zero-order chi connectivity index (χ0) is 17.9. The largest absolute Gasteiger partial charge is 0.506 e. The van der Waals surface area contributed by atoms with E-state index in [1.54, 1.807) is 6.92 Å². The first kappa shape index (κ1) is 18.3. The molecule has 0 aliphatic carbocycles. The van der Waals surface area contributed by atoms with Crippen LogP contribution in [0.15, 0.2) is 21.3 Å². The van der Waals surface area contributed by atoms with E-state index in [-0.39, 0.29) is 28.7 Å². The number of phenolic OH excluding ortho intramolecular Hbond substituents is 1. The number of hydrogen-bond donors (Lipinski definition) is 2. The van der Waals surface area contributed by atoms with Crippen molar-refractivity contribution in [2.75, 3.05) is 27.2 Å². The van der Waals surface area contributed by atoms with Crippen molar-refractivity contribution in [2.45, 2.75) is 19.8 Å². The van der Waals surface area contributed by atoms with Gasteiger partial charge < -0.3 is 19.7 Å². The highest BCUT2D eigenvalue weighted by Gasteiger charge is 2.16. The predicted molar refractivity (Wildman–Crippen MR) is 93.8 cm³/mol. The number of nitrogens with one attached hydrogen (secondary N) is 1. The number of nitrogens with zero attached hydrogens (tertiary/aromatic N) is 1. The molecule has 1 aromatic carbocycles. The van der Waals surface area contributed by atoms with Crippen LogP contribution in [0.3, 0.4) is 0 Å². The summed E-state index contributed by atoms with van der Waals surface area (Å²) in [5, 5.41) is 13.2. The van der Waals surface area contributed by atoms with Crippen LogP contribution >= 0.6 is 11.6 Å². The van der Waals surface area contributed by atoms with E-state index in [4.69, 9.17) is 16.0 Å². The second-order valence-electron chi connectivity index (χ2n) is 5.98. The summed E-state index contributed by atoms with van der Waals surface area (Å²) in [6, 6.07) is 2.83. The van der Waals surface area contributed by atoms with Gasteiger partial charge in [0.05, 0.1) is 17.0 Å². The standard InChI is InChI=1S/C17H21ClN2O4/c1-10-11-7-13(18)14(21)9-15(11)24-17(23)12(10)8-16(22)19-5-4-6-20(2)3/h7,9,21H,4-6,8H2,1-3H3,(H,19,22). The summed E-state index contributed by atoms with van der Waals surface area (Å²) in [7, 11) is 3.93. The number of amides is 1. The van der Waals surface area contributed by atoms with Gasteiger partial charge in [0.1, 0.15) is 11.3 Å². The Bertz CT molecular complexity index is 814. The number of fused-ring (bicyclic) bond motifs is 1. The molecule has 0 aliphatic rings. The Morgan fingerprint density at radius 1 is 1.38 bits per heavy atom. The molecule has 0 saturated heterocycles. The van der Waals surface area contributed by atoms with Crippen molar-refractivity contribution in [3.8, 4) is 5.75 Å². The van der Waals surface area contributed by atoms with Crippen LogP contribution in [0, 0.1) is 6.92 Å². The molecule has 0 unspecified atom stereocenters. The Labute approximate surface area is 145 Å². The maximum atomic E-state index is 12.1. The fourth-order valence-corrected chi connectivity index (χ4v) is 2.61. The number of hydrogen-bond acceptors (Lipinski definition) is 5. The molecule has 6 nitrogen and oxygen atoms in total. The van der Waals surface area contributed by atoms with E-state index in [0.717, 1.165) is 13.0 Å². The van der Waals surface area contributed by atoms with Crippen LogP contribution < -0.4 is 10.9 Å². The van der Waals surface area contributed by atoms with Gasteiger partial charge in [0.25, 0.3) is 0 Å². The summed E-state index contributed by atoms with van der Waals surface area (Å²) >= 11 is 5.91. The Hall–Kier alpha value is -2.05. The Morgan fingerprint density at radius 3 is 2.75 bits per heavy atom. The van der Waals surface area contributed by atoms with Crippen molar-refractivity contribution in [3.63, 3.8) is 0 Å². The lowest BCUT2D eigenvalue weighted by molar-refractivity contribution is -0.120. The highest BCUT2D eigenvalue weighted by atomic mass is 35.5. The third-order valence-electron chi connectivity index (χ3n) is 3.80. The molecule has 0 bridgehead atoms. The topological polar surface area (TPSA) is 82.8 Å². The number of halogens is 1. The Balaban J connectivity index is 2.18. The van der Waals surface area contributed by atoms with Crippen LogP contribution in [0.5, 0.6) is 5.75 Å². The smallest absolute Gasteiger partial charge is 0.340 e. The second-order valence-corrected chi connectivity index (χ2v) is 6.38. The zero-order valence-electron chi connectivity index (χ0n) is 14.0. The van der Waals surface area contributed by atoms with Crippen molar-refractivity contribution < 1.29 is 14.3 Å². The van der Waals surface area contributed by atoms with Crippen molar-refractivity contribution >= 4 is 28.5 Å². The second kappa shape index (κ2) is 7.68. The molecular weight excluding hydrogens is 332 g/mol. The van der Waals surface area contributed by atoms with Gasteiger partial charge in [-0.2, -0.15) is 0 Å². The highest BCUT2D eigenvalue weighted by molar-refractivity contribution is 6.32. The lowest BCUT2D eigenvalue weighted by Crippen LogP contribution is -2.30. The van der Waals surface area contributed by atoms with Crippen molar-refractivity contribution in [3.05, 3.63) is 38.7 Å². The van der Waals surface area contributed by atoms with Gasteiger partial charge in [-0.15, -0.1) is 0 Å². The van der Waals surface area contributed by atoms with Gasteiger partial charge in [0, 0.05) is 18.0 Å². The Kier molecular flexibility index (Phi) is 5.85. The maximum Gasteiger partial charge on any atom is 0.340 e. The average molecular weight is 353 g/mol. The van der Waals surface area contributed by atoms with E-state index < -0.39 is 5.63 Å². The van der Waals surface area contributed by atoms with Gasteiger partial charge in [-0.25, -0.2) is 4.79 Å². The fourth-order valence-electron chi connectivity index (χ4n) is 2.45. The minimum absolute atomic E-state index is 0.0510. The third kappa shape index (κ3) is 4.27. The van der Waals surface area contributed by atoms with Crippen molar-refractivity contribution in [1.29, 1.82) is 0 Å². The minimum atomic E-state index is -0.579. The SMILES string of the molecule is Cc1c(CC(=O)NCCCN(C)C)c(=O)oc2cc(O)c(Cl)cc12. The first-order valence-electron chi connectivity index (χ1n) is 7.66. The fraction of sp³-hybridized carbons (Fsp3) is 0.412. The number of benzene rings is 1. The summed E-state index contributed by atoms with van der Waals surface area (Å²) in [5.41, 5.74) is 0.598. The summed E-state index contributed by atoms with van der Waals surface area (Å²) in [6.45, 7) is 3.16. The van der Waals surface area contributed by atoms with Gasteiger partial charge in [0.15, 0.2) is 0 Å². The molecule has 2 aromatic rings.